The van der Waals surface area contributed by atoms with E-state index < -0.39 is 14.2 Å². The number of alkyl halides is 2. The van der Waals surface area contributed by atoms with E-state index in [1.54, 1.807) is 25.1 Å². The molecule has 0 aliphatic heterocycles. The lowest BCUT2D eigenvalue weighted by Gasteiger charge is -2.22. The molecule has 0 bridgehead atoms. The standard InChI is InChI=1S/C11H15Cl2NO2S/c1-9-5-2-3-6-10(9)17(15,16)11(13,14)7-4-8-12/h2-3,5-6H,4,7-8,14H2,1H3. The Morgan fingerprint density at radius 1 is 1.35 bits per heavy atom. The summed E-state index contributed by atoms with van der Waals surface area (Å²) >= 11 is 11.5. The summed E-state index contributed by atoms with van der Waals surface area (Å²) in [5.74, 6) is 0.328. The zero-order valence-electron chi connectivity index (χ0n) is 9.49. The van der Waals surface area contributed by atoms with Crippen LogP contribution in [-0.2, 0) is 9.84 Å². The summed E-state index contributed by atoms with van der Waals surface area (Å²) in [6.07, 6.45) is 0.571. The summed E-state index contributed by atoms with van der Waals surface area (Å²) in [4.78, 5) is 0.173. The van der Waals surface area contributed by atoms with Gasteiger partial charge in [-0.15, -0.1) is 11.6 Å². The van der Waals surface area contributed by atoms with Crippen molar-refractivity contribution in [2.45, 2.75) is 29.0 Å². The molecule has 1 aromatic carbocycles. The molecular formula is C11H15Cl2NO2S. The van der Waals surface area contributed by atoms with E-state index in [0.717, 1.165) is 0 Å². The number of benzene rings is 1. The van der Waals surface area contributed by atoms with Crippen LogP contribution >= 0.6 is 23.2 Å². The van der Waals surface area contributed by atoms with Crippen molar-refractivity contribution in [2.75, 3.05) is 5.88 Å². The van der Waals surface area contributed by atoms with E-state index >= 15 is 0 Å². The van der Waals surface area contributed by atoms with Crippen LogP contribution in [0.15, 0.2) is 29.2 Å². The van der Waals surface area contributed by atoms with Gasteiger partial charge in [-0.2, -0.15) is 0 Å². The molecule has 2 N–H and O–H groups in total. The third kappa shape index (κ3) is 3.13. The lowest BCUT2D eigenvalue weighted by Crippen LogP contribution is -2.42. The van der Waals surface area contributed by atoms with Crippen LogP contribution in [-0.4, -0.2) is 18.6 Å². The lowest BCUT2D eigenvalue weighted by molar-refractivity contribution is 0.557. The predicted octanol–water partition coefficient (Wildman–Crippen LogP) is 2.64. The maximum Gasteiger partial charge on any atom is 0.211 e. The molecule has 6 heteroatoms. The zero-order chi connectivity index (χ0) is 13.1. The highest BCUT2D eigenvalue weighted by Gasteiger charge is 2.39. The maximum absolute atomic E-state index is 12.3. The molecule has 17 heavy (non-hydrogen) atoms. The Balaban J connectivity index is 3.15. The highest BCUT2D eigenvalue weighted by atomic mass is 35.5. The molecule has 1 unspecified atom stereocenters. The Morgan fingerprint density at radius 2 is 1.94 bits per heavy atom. The van der Waals surface area contributed by atoms with Gasteiger partial charge < -0.3 is 0 Å². The van der Waals surface area contributed by atoms with Gasteiger partial charge in [0.25, 0.3) is 0 Å². The van der Waals surface area contributed by atoms with Crippen LogP contribution in [0.2, 0.25) is 0 Å². The first kappa shape index (κ1) is 14.8. The Morgan fingerprint density at radius 3 is 2.47 bits per heavy atom. The zero-order valence-corrected chi connectivity index (χ0v) is 11.8. The number of aryl methyl sites for hydroxylation is 1. The monoisotopic (exact) mass is 295 g/mol. The topological polar surface area (TPSA) is 60.2 Å². The number of sulfone groups is 1. The number of rotatable bonds is 5. The van der Waals surface area contributed by atoms with Gasteiger partial charge in [-0.1, -0.05) is 29.8 Å². The van der Waals surface area contributed by atoms with Gasteiger partial charge in [-0.25, -0.2) is 8.42 Å². The van der Waals surface area contributed by atoms with E-state index in [1.165, 1.54) is 6.07 Å². The predicted molar refractivity (Wildman–Crippen MR) is 71.1 cm³/mol. The van der Waals surface area contributed by atoms with Crippen LogP contribution in [0.25, 0.3) is 0 Å². The van der Waals surface area contributed by atoms with Crippen molar-refractivity contribution in [3.05, 3.63) is 29.8 Å². The molecule has 0 aliphatic rings. The average molecular weight is 296 g/mol. The minimum absolute atomic E-state index is 0.120. The smallest absolute Gasteiger partial charge is 0.211 e. The van der Waals surface area contributed by atoms with E-state index in [1.807, 2.05) is 0 Å². The van der Waals surface area contributed by atoms with E-state index in [-0.39, 0.29) is 11.3 Å². The number of hydrogen-bond acceptors (Lipinski definition) is 3. The van der Waals surface area contributed by atoms with Crippen molar-refractivity contribution >= 4 is 33.0 Å². The molecule has 1 atom stereocenters. The Kier molecular flexibility index (Phi) is 4.84. The van der Waals surface area contributed by atoms with Crippen molar-refractivity contribution in [1.82, 2.24) is 0 Å². The van der Waals surface area contributed by atoms with E-state index in [4.69, 9.17) is 28.9 Å². The van der Waals surface area contributed by atoms with Crippen LogP contribution in [0.4, 0.5) is 0 Å². The minimum atomic E-state index is -3.76. The molecule has 0 saturated carbocycles. The summed E-state index contributed by atoms with van der Waals surface area (Å²) in [7, 11) is -3.76. The van der Waals surface area contributed by atoms with Crippen molar-refractivity contribution in [3.63, 3.8) is 0 Å². The van der Waals surface area contributed by atoms with E-state index in [0.29, 0.717) is 17.9 Å². The van der Waals surface area contributed by atoms with Crippen LogP contribution in [0.1, 0.15) is 18.4 Å². The molecule has 0 aliphatic carbocycles. The van der Waals surface area contributed by atoms with Gasteiger partial charge in [0.15, 0.2) is 4.33 Å². The molecule has 1 rings (SSSR count). The second-order valence-corrected chi connectivity index (χ2v) is 7.30. The second-order valence-electron chi connectivity index (χ2n) is 3.85. The van der Waals surface area contributed by atoms with Crippen LogP contribution < -0.4 is 5.73 Å². The fourth-order valence-corrected chi connectivity index (χ4v) is 3.53. The molecule has 0 radical (unpaired) electrons. The Bertz CT molecular complexity index is 486. The summed E-state index contributed by atoms with van der Waals surface area (Å²) in [5.41, 5.74) is 6.33. The third-order valence-corrected chi connectivity index (χ3v) is 5.68. The number of halogens is 2. The van der Waals surface area contributed by atoms with Gasteiger partial charge in [0, 0.05) is 5.88 Å². The lowest BCUT2D eigenvalue weighted by atomic mass is 10.2. The fraction of sp³-hybridized carbons (Fsp3) is 0.455. The maximum atomic E-state index is 12.3. The molecule has 3 nitrogen and oxygen atoms in total. The molecule has 0 heterocycles. The first-order chi connectivity index (χ1) is 7.83. The molecule has 1 aromatic rings. The summed E-state index contributed by atoms with van der Waals surface area (Å²) < 4.78 is 22.8. The summed E-state index contributed by atoms with van der Waals surface area (Å²) in [5, 5.41) is 0. The van der Waals surface area contributed by atoms with E-state index in [2.05, 4.69) is 0 Å². The first-order valence-electron chi connectivity index (χ1n) is 5.17. The molecule has 0 fully saturated rings. The van der Waals surface area contributed by atoms with Gasteiger partial charge in [0.1, 0.15) is 0 Å². The molecule has 0 amide bonds. The van der Waals surface area contributed by atoms with Gasteiger partial charge in [-0.3, -0.25) is 5.73 Å². The van der Waals surface area contributed by atoms with Crippen LogP contribution in [0.5, 0.6) is 0 Å². The largest absolute Gasteiger partial charge is 0.300 e. The average Bonchev–Trinajstić information content (AvgIpc) is 2.26. The number of nitrogens with two attached hydrogens (primary N) is 1. The van der Waals surface area contributed by atoms with Crippen LogP contribution in [0.3, 0.4) is 0 Å². The fourth-order valence-electron chi connectivity index (χ4n) is 1.48. The van der Waals surface area contributed by atoms with Crippen LogP contribution in [0, 0.1) is 6.92 Å². The molecule has 0 saturated heterocycles. The summed E-state index contributed by atoms with van der Waals surface area (Å²) in [6, 6.07) is 6.63. The van der Waals surface area contributed by atoms with Crippen molar-refractivity contribution in [3.8, 4) is 0 Å². The SMILES string of the molecule is Cc1ccccc1S(=O)(=O)C(N)(Cl)CCCCl. The second kappa shape index (κ2) is 5.57. The van der Waals surface area contributed by atoms with Crippen molar-refractivity contribution in [1.29, 1.82) is 0 Å². The molecule has 0 spiro atoms. The molecule has 96 valence electrons. The molecular weight excluding hydrogens is 281 g/mol. The van der Waals surface area contributed by atoms with Crippen molar-refractivity contribution < 1.29 is 8.42 Å². The van der Waals surface area contributed by atoms with Gasteiger partial charge in [-0.05, 0) is 31.4 Å². The van der Waals surface area contributed by atoms with E-state index in [9.17, 15) is 8.42 Å². The quantitative estimate of drug-likeness (QED) is 0.671. The number of hydrogen-bond donors (Lipinski definition) is 1. The minimum Gasteiger partial charge on any atom is -0.300 e. The first-order valence-corrected chi connectivity index (χ1v) is 7.56. The molecule has 0 aromatic heterocycles. The summed E-state index contributed by atoms with van der Waals surface area (Å²) in [6.45, 7) is 1.71. The highest BCUT2D eigenvalue weighted by Crippen LogP contribution is 2.31. The Labute approximate surface area is 112 Å². The van der Waals surface area contributed by atoms with Gasteiger partial charge >= 0.3 is 0 Å². The van der Waals surface area contributed by atoms with Gasteiger partial charge in [0.2, 0.25) is 9.84 Å². The van der Waals surface area contributed by atoms with Crippen molar-refractivity contribution in [2.24, 2.45) is 5.73 Å². The highest BCUT2D eigenvalue weighted by molar-refractivity contribution is 7.94. The third-order valence-electron chi connectivity index (χ3n) is 2.48. The van der Waals surface area contributed by atoms with Gasteiger partial charge in [0.05, 0.1) is 4.90 Å². The normalized spacial score (nSPS) is 15.5. The Hall–Kier alpha value is -0.290.